The molecule has 0 aromatic carbocycles. The van der Waals surface area contributed by atoms with E-state index in [0.29, 0.717) is 11.8 Å². The van der Waals surface area contributed by atoms with Gasteiger partial charge in [0.15, 0.2) is 11.6 Å². The third-order valence-corrected chi connectivity index (χ3v) is 4.87. The number of aryl methyl sites for hydroxylation is 1. The molecule has 1 aliphatic carbocycles. The van der Waals surface area contributed by atoms with Crippen molar-refractivity contribution in [1.82, 2.24) is 25.2 Å². The molecule has 2 aromatic heterocycles. The quantitative estimate of drug-likeness (QED) is 0.771. The van der Waals surface area contributed by atoms with Crippen molar-refractivity contribution in [3.05, 3.63) is 23.4 Å². The van der Waals surface area contributed by atoms with Gasteiger partial charge in [-0.25, -0.2) is 0 Å². The lowest BCUT2D eigenvalue weighted by molar-refractivity contribution is 0.188. The van der Waals surface area contributed by atoms with Gasteiger partial charge in [0.05, 0.1) is 6.54 Å². The zero-order valence-electron chi connectivity index (χ0n) is 14.3. The molecule has 0 amide bonds. The third kappa shape index (κ3) is 3.66. The average molecular weight is 331 g/mol. The summed E-state index contributed by atoms with van der Waals surface area (Å²) in [7, 11) is 0. The Morgan fingerprint density at radius 2 is 2.00 bits per heavy atom. The molecule has 1 aliphatic heterocycles. The van der Waals surface area contributed by atoms with E-state index >= 15 is 0 Å². The number of nitrogens with zero attached hydrogens (tertiary/aromatic N) is 5. The number of rotatable bonds is 7. The van der Waals surface area contributed by atoms with Crippen LogP contribution in [0, 0.1) is 0 Å². The fourth-order valence-corrected chi connectivity index (χ4v) is 3.30. The minimum absolute atomic E-state index is 0.349. The van der Waals surface area contributed by atoms with Crippen molar-refractivity contribution < 1.29 is 9.05 Å². The predicted octanol–water partition coefficient (Wildman–Crippen LogP) is 3.05. The van der Waals surface area contributed by atoms with E-state index in [2.05, 4.69) is 32.1 Å². The van der Waals surface area contributed by atoms with Crippen molar-refractivity contribution in [1.29, 1.82) is 0 Å². The molecule has 0 unspecified atom stereocenters. The second-order valence-corrected chi connectivity index (χ2v) is 7.05. The highest BCUT2D eigenvalue weighted by molar-refractivity contribution is 5.05. The fourth-order valence-electron chi connectivity index (χ4n) is 3.30. The summed E-state index contributed by atoms with van der Waals surface area (Å²) < 4.78 is 10.7. The number of unbranched alkanes of at least 4 members (excludes halogenated alkanes) is 1. The van der Waals surface area contributed by atoms with Gasteiger partial charge < -0.3 is 9.05 Å². The minimum Gasteiger partial charge on any atom is -0.339 e. The van der Waals surface area contributed by atoms with E-state index < -0.39 is 0 Å². The summed E-state index contributed by atoms with van der Waals surface area (Å²) in [5, 5.41) is 8.34. The van der Waals surface area contributed by atoms with Crippen LogP contribution in [-0.2, 0) is 13.0 Å². The zero-order valence-corrected chi connectivity index (χ0v) is 14.3. The van der Waals surface area contributed by atoms with Crippen LogP contribution in [0.3, 0.4) is 0 Å². The highest BCUT2D eigenvalue weighted by Gasteiger charge is 2.32. The Hall–Kier alpha value is -1.76. The summed E-state index contributed by atoms with van der Waals surface area (Å²) in [4.78, 5) is 11.5. The first-order valence-corrected chi connectivity index (χ1v) is 9.19. The summed E-state index contributed by atoms with van der Waals surface area (Å²) in [6.07, 6.45) is 7.74. The van der Waals surface area contributed by atoms with Crippen LogP contribution in [0.2, 0.25) is 0 Å². The molecule has 0 radical (unpaired) electrons. The first-order valence-electron chi connectivity index (χ1n) is 9.19. The van der Waals surface area contributed by atoms with Crippen LogP contribution >= 0.6 is 0 Å². The summed E-state index contributed by atoms with van der Waals surface area (Å²) in [5.74, 6) is 4.12. The van der Waals surface area contributed by atoms with Gasteiger partial charge >= 0.3 is 0 Å². The first-order chi connectivity index (χ1) is 11.8. The van der Waals surface area contributed by atoms with Crippen molar-refractivity contribution in [2.24, 2.45) is 0 Å². The van der Waals surface area contributed by atoms with E-state index in [9.17, 15) is 0 Å². The molecule has 3 heterocycles. The summed E-state index contributed by atoms with van der Waals surface area (Å²) in [5.41, 5.74) is 0. The normalized spacial score (nSPS) is 22.1. The summed E-state index contributed by atoms with van der Waals surface area (Å²) >= 11 is 0. The molecule has 0 spiro atoms. The Morgan fingerprint density at radius 3 is 2.83 bits per heavy atom. The third-order valence-electron chi connectivity index (χ3n) is 4.87. The van der Waals surface area contributed by atoms with Crippen molar-refractivity contribution >= 4 is 0 Å². The van der Waals surface area contributed by atoms with E-state index in [-0.39, 0.29) is 0 Å². The Bertz CT molecular complexity index is 663. The number of aromatic nitrogens is 4. The van der Waals surface area contributed by atoms with Crippen molar-refractivity contribution in [3.63, 3.8) is 0 Å². The van der Waals surface area contributed by atoms with Gasteiger partial charge in [0.25, 0.3) is 0 Å². The molecule has 2 aliphatic rings. The van der Waals surface area contributed by atoms with Crippen LogP contribution < -0.4 is 0 Å². The molecule has 7 nitrogen and oxygen atoms in total. The highest BCUT2D eigenvalue weighted by atomic mass is 16.5. The van der Waals surface area contributed by atoms with Crippen LogP contribution in [0.25, 0.3) is 0 Å². The van der Waals surface area contributed by atoms with Crippen molar-refractivity contribution in [3.8, 4) is 0 Å². The molecule has 1 atom stereocenters. The Kier molecular flexibility index (Phi) is 4.60. The molecule has 4 rings (SSSR count). The van der Waals surface area contributed by atoms with Crippen molar-refractivity contribution in [2.45, 2.75) is 70.3 Å². The predicted molar refractivity (Wildman–Crippen MR) is 86.4 cm³/mol. The van der Waals surface area contributed by atoms with Crippen LogP contribution in [0.5, 0.6) is 0 Å². The Labute approximate surface area is 141 Å². The van der Waals surface area contributed by atoms with Crippen molar-refractivity contribution in [2.75, 3.05) is 13.1 Å². The fraction of sp³-hybridized carbons (Fsp3) is 0.765. The lowest BCUT2D eigenvalue weighted by Crippen LogP contribution is -2.34. The van der Waals surface area contributed by atoms with Gasteiger partial charge in [-0.1, -0.05) is 23.7 Å². The average Bonchev–Trinajstić information content (AvgIpc) is 3.16. The van der Waals surface area contributed by atoms with E-state index in [1.54, 1.807) is 0 Å². The van der Waals surface area contributed by atoms with E-state index in [1.165, 1.54) is 12.8 Å². The second kappa shape index (κ2) is 7.01. The van der Waals surface area contributed by atoms with Gasteiger partial charge in [0.1, 0.15) is 0 Å². The van der Waals surface area contributed by atoms with Gasteiger partial charge in [0.2, 0.25) is 11.8 Å². The van der Waals surface area contributed by atoms with Crippen LogP contribution in [0.1, 0.15) is 80.7 Å². The maximum Gasteiger partial charge on any atom is 0.229 e. The highest BCUT2D eigenvalue weighted by Crippen LogP contribution is 2.39. The molecule has 0 N–H and O–H groups in total. The Balaban J connectivity index is 1.34. The maximum absolute atomic E-state index is 5.42. The van der Waals surface area contributed by atoms with E-state index in [4.69, 9.17) is 9.05 Å². The second-order valence-electron chi connectivity index (χ2n) is 7.05. The zero-order chi connectivity index (χ0) is 16.4. The smallest absolute Gasteiger partial charge is 0.229 e. The van der Waals surface area contributed by atoms with E-state index in [1.807, 2.05) is 0 Å². The van der Waals surface area contributed by atoms with Gasteiger partial charge in [-0.2, -0.15) is 9.97 Å². The molecule has 2 aromatic rings. The molecular formula is C17H25N5O2. The number of hydrogen-bond acceptors (Lipinski definition) is 7. The Morgan fingerprint density at radius 1 is 1.08 bits per heavy atom. The van der Waals surface area contributed by atoms with Gasteiger partial charge in [-0.15, -0.1) is 0 Å². The lowest BCUT2D eigenvalue weighted by atomic mass is 9.97. The number of likely N-dealkylation sites (tertiary alicyclic amines) is 1. The van der Waals surface area contributed by atoms with Crippen LogP contribution in [0.15, 0.2) is 9.05 Å². The van der Waals surface area contributed by atoms with Crippen LogP contribution in [0.4, 0.5) is 0 Å². The first kappa shape index (κ1) is 15.7. The minimum atomic E-state index is 0.349. The summed E-state index contributed by atoms with van der Waals surface area (Å²) in [6.45, 7) is 4.89. The molecular weight excluding hydrogens is 306 g/mol. The largest absolute Gasteiger partial charge is 0.339 e. The number of hydrogen-bond donors (Lipinski definition) is 0. The molecule has 1 saturated carbocycles. The van der Waals surface area contributed by atoms with Gasteiger partial charge in [-0.3, -0.25) is 4.90 Å². The van der Waals surface area contributed by atoms with Gasteiger partial charge in [0, 0.05) is 24.8 Å². The van der Waals surface area contributed by atoms with Crippen LogP contribution in [-0.4, -0.2) is 38.3 Å². The lowest BCUT2D eigenvalue weighted by Gasteiger charge is -2.30. The molecule has 2 fully saturated rings. The molecule has 130 valence electrons. The van der Waals surface area contributed by atoms with E-state index in [0.717, 1.165) is 75.2 Å². The molecule has 0 bridgehead atoms. The number of piperidine rings is 1. The monoisotopic (exact) mass is 331 g/mol. The standard InChI is InChI=1S/C17H25N5O2/c1-2-3-6-15-18-14(20-23-15)11-22-9-4-5-13(10-22)16-19-17(24-21-16)12-7-8-12/h12-13H,2-11H2,1H3/t13-/m1/s1. The molecule has 7 heteroatoms. The molecule has 1 saturated heterocycles. The SMILES string of the molecule is CCCCc1nc(CN2CCC[C@@H](c3noc(C4CC4)n3)C2)no1. The topological polar surface area (TPSA) is 81.1 Å². The summed E-state index contributed by atoms with van der Waals surface area (Å²) in [6, 6.07) is 0. The maximum atomic E-state index is 5.42. The van der Waals surface area contributed by atoms with Gasteiger partial charge in [-0.05, 0) is 38.6 Å². The molecule has 24 heavy (non-hydrogen) atoms.